The predicted molar refractivity (Wildman–Crippen MR) is 258 cm³/mol. The Kier molecular flexibility index (Phi) is 13.5. The van der Waals surface area contributed by atoms with Crippen molar-refractivity contribution >= 4 is 23.0 Å². The third kappa shape index (κ3) is 9.11. The van der Waals surface area contributed by atoms with Crippen LogP contribution in [0.25, 0.3) is 11.1 Å². The van der Waals surface area contributed by atoms with Crippen LogP contribution in [0, 0.1) is 46.3 Å². The summed E-state index contributed by atoms with van der Waals surface area (Å²) < 4.78 is 13.5. The maximum Gasteiger partial charge on any atom is 0.362 e. The van der Waals surface area contributed by atoms with Crippen molar-refractivity contribution in [2.75, 3.05) is 66.0 Å². The minimum Gasteiger partial charge on any atom is -0.492 e. The van der Waals surface area contributed by atoms with Gasteiger partial charge in [-0.2, -0.15) is 0 Å². The fourth-order valence-electron chi connectivity index (χ4n) is 14.9. The molecule has 3 heterocycles. The van der Waals surface area contributed by atoms with Crippen LogP contribution in [-0.2, 0) is 14.3 Å². The van der Waals surface area contributed by atoms with Gasteiger partial charge in [-0.15, -0.1) is 0 Å². The number of likely N-dealkylation sites (N-methyl/N-ethyl adjacent to an activating group) is 1. The Morgan fingerprint density at radius 2 is 1.42 bits per heavy atom. The van der Waals surface area contributed by atoms with Gasteiger partial charge in [-0.25, -0.2) is 4.79 Å². The SMILES string of the molecule is CC/C(=C(\c1ccccc1)c1ccc(OCCN(C)C(=O)CC[C@@H](C)[C@H]2CC[C@H]3[C@@H]4CC[C@@H]5C[C@H](OC(=O)C[N+]67CCN(CC6)CC7)CC[C@]5(C)[C@H]4CC[C@]23C)cc1)c1ccccc1. The lowest BCUT2D eigenvalue weighted by atomic mass is 9.44. The van der Waals surface area contributed by atoms with Gasteiger partial charge in [-0.05, 0) is 157 Å². The second-order valence-electron chi connectivity index (χ2n) is 21.9. The van der Waals surface area contributed by atoms with E-state index in [1.807, 2.05) is 11.9 Å². The first-order valence-electron chi connectivity index (χ1n) is 25.6. The van der Waals surface area contributed by atoms with Crippen LogP contribution >= 0.6 is 0 Å². The van der Waals surface area contributed by atoms with Crippen LogP contribution in [0.2, 0.25) is 0 Å². The first-order valence-corrected chi connectivity index (χ1v) is 25.6. The summed E-state index contributed by atoms with van der Waals surface area (Å²) in [4.78, 5) is 31.3. The Balaban J connectivity index is 0.737. The average molecular weight is 869 g/mol. The zero-order valence-corrected chi connectivity index (χ0v) is 39.9. The number of hydrogen-bond acceptors (Lipinski definition) is 5. The summed E-state index contributed by atoms with van der Waals surface area (Å²) in [5, 5.41) is 0. The number of piperazine rings is 3. The predicted octanol–water partition coefficient (Wildman–Crippen LogP) is 11.0. The van der Waals surface area contributed by atoms with E-state index in [0.29, 0.717) is 54.7 Å². The van der Waals surface area contributed by atoms with E-state index in [1.165, 1.54) is 72.8 Å². The van der Waals surface area contributed by atoms with Crippen LogP contribution in [0.5, 0.6) is 5.75 Å². The van der Waals surface area contributed by atoms with Crippen molar-refractivity contribution < 1.29 is 23.5 Å². The van der Waals surface area contributed by atoms with Crippen LogP contribution < -0.4 is 4.74 Å². The van der Waals surface area contributed by atoms with Gasteiger partial charge in [0.25, 0.3) is 0 Å². The molecule has 344 valence electrons. The van der Waals surface area contributed by atoms with Crippen molar-refractivity contribution in [3.8, 4) is 5.75 Å². The van der Waals surface area contributed by atoms with Crippen molar-refractivity contribution in [3.05, 3.63) is 102 Å². The third-order valence-corrected chi connectivity index (χ3v) is 18.7. The molecule has 7 aliphatic rings. The maximum atomic E-state index is 13.5. The summed E-state index contributed by atoms with van der Waals surface area (Å²) in [6.45, 7) is 18.3. The van der Waals surface area contributed by atoms with Crippen LogP contribution in [0.4, 0.5) is 0 Å². The van der Waals surface area contributed by atoms with E-state index in [4.69, 9.17) is 9.47 Å². The van der Waals surface area contributed by atoms with Crippen LogP contribution in [0.1, 0.15) is 121 Å². The van der Waals surface area contributed by atoms with Gasteiger partial charge in [0.2, 0.25) is 5.91 Å². The monoisotopic (exact) mass is 869 g/mol. The number of rotatable bonds is 15. The molecule has 2 bridgehead atoms. The number of fused-ring (bicyclic) bond motifs is 8. The molecule has 0 unspecified atom stereocenters. The van der Waals surface area contributed by atoms with E-state index < -0.39 is 0 Å². The first kappa shape index (κ1) is 45.2. The van der Waals surface area contributed by atoms with Gasteiger partial charge in [0.05, 0.1) is 26.2 Å². The second kappa shape index (κ2) is 19.1. The summed E-state index contributed by atoms with van der Waals surface area (Å²) >= 11 is 0. The average Bonchev–Trinajstić information content (AvgIpc) is 3.68. The van der Waals surface area contributed by atoms with Crippen LogP contribution in [0.3, 0.4) is 0 Å². The number of esters is 1. The highest BCUT2D eigenvalue weighted by Crippen LogP contribution is 2.68. The van der Waals surface area contributed by atoms with Gasteiger partial charge in [0.15, 0.2) is 6.54 Å². The third-order valence-electron chi connectivity index (χ3n) is 18.7. The van der Waals surface area contributed by atoms with Gasteiger partial charge in [0.1, 0.15) is 18.5 Å². The van der Waals surface area contributed by atoms with E-state index in [9.17, 15) is 9.59 Å². The molecule has 7 fully saturated rings. The highest BCUT2D eigenvalue weighted by molar-refractivity contribution is 5.98. The Labute approximate surface area is 385 Å². The summed E-state index contributed by atoms with van der Waals surface area (Å²) in [5.74, 6) is 5.44. The lowest BCUT2D eigenvalue weighted by Gasteiger charge is -2.61. The number of quaternary nitrogens is 1. The molecule has 0 radical (unpaired) electrons. The van der Waals surface area contributed by atoms with Crippen molar-refractivity contribution in [2.24, 2.45) is 46.3 Å². The quantitative estimate of drug-likeness (QED) is 0.0865. The van der Waals surface area contributed by atoms with E-state index >= 15 is 0 Å². The zero-order valence-electron chi connectivity index (χ0n) is 39.9. The number of amides is 1. The summed E-state index contributed by atoms with van der Waals surface area (Å²) in [7, 11) is 1.94. The number of carbonyl (C=O) groups excluding carboxylic acids is 2. The molecule has 3 aliphatic heterocycles. The minimum absolute atomic E-state index is 0.0632. The Bertz CT molecular complexity index is 2080. The molecule has 7 heteroatoms. The second-order valence-corrected chi connectivity index (χ2v) is 21.9. The summed E-state index contributed by atoms with van der Waals surface area (Å²) in [6.07, 6.45) is 13.9. The lowest BCUT2D eigenvalue weighted by molar-refractivity contribution is -0.934. The molecular weight excluding hydrogens is 791 g/mol. The molecule has 3 aromatic carbocycles. The number of benzene rings is 3. The summed E-state index contributed by atoms with van der Waals surface area (Å²) in [6, 6.07) is 29.8. The molecule has 7 nitrogen and oxygen atoms in total. The molecular formula is C57H78N3O4+. The van der Waals surface area contributed by atoms with E-state index in [-0.39, 0.29) is 18.0 Å². The number of carbonyl (C=O) groups is 2. The van der Waals surface area contributed by atoms with Gasteiger partial charge in [-0.3, -0.25) is 9.69 Å². The number of allylic oxidation sites excluding steroid dienone is 1. The van der Waals surface area contributed by atoms with Crippen molar-refractivity contribution in [2.45, 2.75) is 111 Å². The number of nitrogens with zero attached hydrogens (tertiary/aromatic N) is 3. The van der Waals surface area contributed by atoms with Gasteiger partial charge >= 0.3 is 5.97 Å². The number of ether oxygens (including phenoxy) is 2. The van der Waals surface area contributed by atoms with Crippen molar-refractivity contribution in [1.29, 1.82) is 0 Å². The summed E-state index contributed by atoms with van der Waals surface area (Å²) in [5.41, 5.74) is 6.95. The molecule has 0 N–H and O–H groups in total. The first-order chi connectivity index (χ1) is 31.0. The van der Waals surface area contributed by atoms with Gasteiger partial charge in [0, 0.05) is 33.1 Å². The Hall–Kier alpha value is -3.94. The van der Waals surface area contributed by atoms with Gasteiger partial charge < -0.3 is 18.9 Å². The largest absolute Gasteiger partial charge is 0.492 e. The van der Waals surface area contributed by atoms with E-state index in [0.717, 1.165) is 92.9 Å². The topological polar surface area (TPSA) is 59.1 Å². The van der Waals surface area contributed by atoms with E-state index in [2.05, 4.69) is 118 Å². The molecule has 3 aromatic rings. The molecule has 0 aromatic heterocycles. The zero-order chi connectivity index (χ0) is 44.5. The van der Waals surface area contributed by atoms with Crippen molar-refractivity contribution in [3.63, 3.8) is 0 Å². The fraction of sp³-hybridized carbons (Fsp3) is 0.614. The fourth-order valence-corrected chi connectivity index (χ4v) is 14.9. The molecule has 4 aliphatic carbocycles. The Morgan fingerprint density at radius 1 is 0.781 bits per heavy atom. The number of hydrogen-bond donors (Lipinski definition) is 0. The highest BCUT2D eigenvalue weighted by atomic mass is 16.5. The molecule has 64 heavy (non-hydrogen) atoms. The van der Waals surface area contributed by atoms with Crippen molar-refractivity contribution in [1.82, 2.24) is 9.80 Å². The highest BCUT2D eigenvalue weighted by Gasteiger charge is 2.61. The molecule has 1 amide bonds. The van der Waals surface area contributed by atoms with Gasteiger partial charge in [-0.1, -0.05) is 100 Å². The molecule has 4 saturated carbocycles. The normalized spacial score (nSPS) is 33.8. The lowest BCUT2D eigenvalue weighted by Crippen LogP contribution is -2.68. The molecule has 0 spiro atoms. The van der Waals surface area contributed by atoms with E-state index in [1.54, 1.807) is 0 Å². The maximum absolute atomic E-state index is 13.5. The molecule has 3 saturated heterocycles. The molecule has 9 atom stereocenters. The smallest absolute Gasteiger partial charge is 0.362 e. The van der Waals surface area contributed by atoms with Crippen LogP contribution in [-0.4, -0.2) is 98.3 Å². The molecule has 10 rings (SSSR count). The standard InChI is InChI=1S/C57H78N3O4/c1-6-48(42-13-9-7-10-14-42)55(43-15-11-8-12-16-43)44-18-21-46(22-19-44)63-38-34-58(5)53(61)26-17-41(2)50-24-25-51-49-23-20-45-39-47(27-29-56(45,3)52(49)28-30-57(50,51)4)64-54(62)40-60-35-31-59(32-36-60)33-37-60/h7-16,18-19,21-22,41,45,47,49-52H,6,17,20,23-40H2,1-5H3/q+1/b55-48-/t41-,45-,47-,49+,50-,51+,52+,56+,57-/m1/s1. The van der Waals surface area contributed by atoms with Crippen LogP contribution in [0.15, 0.2) is 84.9 Å². The Morgan fingerprint density at radius 3 is 2.11 bits per heavy atom. The minimum atomic E-state index is 0.0632.